The molecule has 0 saturated carbocycles. The Kier molecular flexibility index (Phi) is 4.87. The second-order valence-electron chi connectivity index (χ2n) is 4.76. The maximum atomic E-state index is 11.9. The molecule has 0 aliphatic rings. The molecule has 0 bridgehead atoms. The molecule has 2 nitrogen and oxygen atoms in total. The summed E-state index contributed by atoms with van der Waals surface area (Å²) in [5.74, 6) is 0.139. The van der Waals surface area contributed by atoms with E-state index in [2.05, 4.69) is 24.4 Å². The molecular weight excluding hydrogens is 234 g/mol. The molecule has 0 aliphatic heterocycles. The highest BCUT2D eigenvalue weighted by atomic mass is 16.1. The van der Waals surface area contributed by atoms with Gasteiger partial charge in [-0.2, -0.15) is 0 Å². The van der Waals surface area contributed by atoms with Gasteiger partial charge in [0, 0.05) is 11.6 Å². The summed E-state index contributed by atoms with van der Waals surface area (Å²) in [6, 6.07) is 20.0. The number of Topliss-reactive ketones (excluding diaryl/α,β-unsaturated/α-hetero) is 1. The highest BCUT2D eigenvalue weighted by Gasteiger charge is 2.08. The molecule has 0 heterocycles. The van der Waals surface area contributed by atoms with Gasteiger partial charge in [-0.05, 0) is 18.9 Å². The molecule has 1 atom stereocenters. The lowest BCUT2D eigenvalue weighted by atomic mass is 10.1. The molecule has 2 heteroatoms. The van der Waals surface area contributed by atoms with E-state index in [1.807, 2.05) is 48.5 Å². The van der Waals surface area contributed by atoms with Crippen LogP contribution in [0.2, 0.25) is 0 Å². The fourth-order valence-corrected chi connectivity index (χ4v) is 2.03. The topological polar surface area (TPSA) is 29.1 Å². The lowest BCUT2D eigenvalue weighted by Gasteiger charge is -2.13. The number of rotatable bonds is 6. The molecule has 0 aromatic heterocycles. The Hall–Kier alpha value is -1.93. The number of hydrogen-bond acceptors (Lipinski definition) is 2. The summed E-state index contributed by atoms with van der Waals surface area (Å²) < 4.78 is 0. The first-order chi connectivity index (χ1) is 9.25. The van der Waals surface area contributed by atoms with Gasteiger partial charge >= 0.3 is 0 Å². The second kappa shape index (κ2) is 6.86. The molecule has 0 amide bonds. The number of carbonyl (C=O) groups excluding carboxylic acids is 1. The third-order valence-corrected chi connectivity index (χ3v) is 3.09. The lowest BCUT2D eigenvalue weighted by molar-refractivity contribution is 0.0988. The minimum atomic E-state index is 0.139. The normalized spacial score (nSPS) is 12.1. The van der Waals surface area contributed by atoms with E-state index in [-0.39, 0.29) is 11.8 Å². The smallest absolute Gasteiger partial charge is 0.176 e. The van der Waals surface area contributed by atoms with Gasteiger partial charge in [0.15, 0.2) is 5.78 Å². The van der Waals surface area contributed by atoms with E-state index in [9.17, 15) is 4.79 Å². The molecule has 19 heavy (non-hydrogen) atoms. The van der Waals surface area contributed by atoms with Crippen LogP contribution in [0.3, 0.4) is 0 Å². The van der Waals surface area contributed by atoms with Crippen LogP contribution in [0.1, 0.15) is 22.8 Å². The summed E-state index contributed by atoms with van der Waals surface area (Å²) in [5, 5.41) is 3.28. The van der Waals surface area contributed by atoms with Gasteiger partial charge < -0.3 is 5.32 Å². The first kappa shape index (κ1) is 13.5. The summed E-state index contributed by atoms with van der Waals surface area (Å²) >= 11 is 0. The zero-order valence-corrected chi connectivity index (χ0v) is 11.2. The third-order valence-electron chi connectivity index (χ3n) is 3.09. The SMILES string of the molecule is C[C@@H](Cc1ccccc1)NCC(=O)c1ccccc1. The van der Waals surface area contributed by atoms with E-state index in [0.717, 1.165) is 12.0 Å². The van der Waals surface area contributed by atoms with E-state index >= 15 is 0 Å². The Labute approximate surface area is 114 Å². The first-order valence-corrected chi connectivity index (χ1v) is 6.61. The van der Waals surface area contributed by atoms with Gasteiger partial charge in [-0.3, -0.25) is 4.79 Å². The molecule has 2 rings (SSSR count). The van der Waals surface area contributed by atoms with E-state index in [4.69, 9.17) is 0 Å². The first-order valence-electron chi connectivity index (χ1n) is 6.61. The van der Waals surface area contributed by atoms with E-state index in [1.165, 1.54) is 5.56 Å². The van der Waals surface area contributed by atoms with E-state index < -0.39 is 0 Å². The van der Waals surface area contributed by atoms with Crippen molar-refractivity contribution in [3.05, 3.63) is 71.8 Å². The van der Waals surface area contributed by atoms with E-state index in [1.54, 1.807) is 0 Å². The van der Waals surface area contributed by atoms with Crippen LogP contribution >= 0.6 is 0 Å². The lowest BCUT2D eigenvalue weighted by Crippen LogP contribution is -2.33. The Morgan fingerprint density at radius 3 is 2.21 bits per heavy atom. The van der Waals surface area contributed by atoms with Crippen molar-refractivity contribution in [3.8, 4) is 0 Å². The highest BCUT2D eigenvalue weighted by Crippen LogP contribution is 2.03. The van der Waals surface area contributed by atoms with Crippen LogP contribution < -0.4 is 5.32 Å². The van der Waals surface area contributed by atoms with Gasteiger partial charge in [0.05, 0.1) is 6.54 Å². The van der Waals surface area contributed by atoms with Gasteiger partial charge in [0.25, 0.3) is 0 Å². The molecular formula is C17H19NO. The number of hydrogen-bond donors (Lipinski definition) is 1. The summed E-state index contributed by atoms with van der Waals surface area (Å²) in [6.07, 6.45) is 0.933. The molecule has 1 N–H and O–H groups in total. The van der Waals surface area contributed by atoms with Crippen LogP contribution in [-0.2, 0) is 6.42 Å². The van der Waals surface area contributed by atoms with Gasteiger partial charge in [-0.15, -0.1) is 0 Å². The third kappa shape index (κ3) is 4.34. The quantitative estimate of drug-likeness (QED) is 0.802. The van der Waals surface area contributed by atoms with Crippen LogP contribution in [0.4, 0.5) is 0 Å². The maximum Gasteiger partial charge on any atom is 0.176 e. The Morgan fingerprint density at radius 2 is 1.58 bits per heavy atom. The summed E-state index contributed by atoms with van der Waals surface area (Å²) in [6.45, 7) is 2.49. The Morgan fingerprint density at radius 1 is 1.00 bits per heavy atom. The molecule has 0 spiro atoms. The molecule has 2 aromatic carbocycles. The molecule has 0 saturated heterocycles. The van der Waals surface area contributed by atoms with Crippen LogP contribution in [0, 0.1) is 0 Å². The Bertz CT molecular complexity index is 507. The summed E-state index contributed by atoms with van der Waals surface area (Å²) in [7, 11) is 0. The fraction of sp³-hybridized carbons (Fsp3) is 0.235. The average Bonchev–Trinajstić information content (AvgIpc) is 2.47. The van der Waals surface area contributed by atoms with Crippen LogP contribution in [-0.4, -0.2) is 18.4 Å². The van der Waals surface area contributed by atoms with Crippen molar-refractivity contribution in [2.24, 2.45) is 0 Å². The summed E-state index contributed by atoms with van der Waals surface area (Å²) in [4.78, 5) is 11.9. The van der Waals surface area contributed by atoms with Crippen LogP contribution in [0.5, 0.6) is 0 Å². The number of benzene rings is 2. The van der Waals surface area contributed by atoms with Crippen molar-refractivity contribution in [2.75, 3.05) is 6.54 Å². The van der Waals surface area contributed by atoms with Gasteiger partial charge in [-0.25, -0.2) is 0 Å². The maximum absolute atomic E-state index is 11.9. The zero-order chi connectivity index (χ0) is 13.5. The fourth-order valence-electron chi connectivity index (χ4n) is 2.03. The van der Waals surface area contributed by atoms with Crippen molar-refractivity contribution in [3.63, 3.8) is 0 Å². The van der Waals surface area contributed by atoms with Crippen LogP contribution in [0.15, 0.2) is 60.7 Å². The van der Waals surface area contributed by atoms with Crippen molar-refractivity contribution in [2.45, 2.75) is 19.4 Å². The minimum Gasteiger partial charge on any atom is -0.307 e. The molecule has 0 unspecified atom stereocenters. The van der Waals surface area contributed by atoms with Crippen LogP contribution in [0.25, 0.3) is 0 Å². The predicted molar refractivity (Wildman–Crippen MR) is 78.4 cm³/mol. The Balaban J connectivity index is 1.81. The van der Waals surface area contributed by atoms with Crippen molar-refractivity contribution in [1.82, 2.24) is 5.32 Å². The van der Waals surface area contributed by atoms with Gasteiger partial charge in [0.2, 0.25) is 0 Å². The van der Waals surface area contributed by atoms with Crippen molar-refractivity contribution < 1.29 is 4.79 Å². The molecule has 98 valence electrons. The molecule has 0 fully saturated rings. The highest BCUT2D eigenvalue weighted by molar-refractivity contribution is 5.97. The van der Waals surface area contributed by atoms with Gasteiger partial charge in [0.1, 0.15) is 0 Å². The standard InChI is InChI=1S/C17H19NO/c1-14(12-15-8-4-2-5-9-15)18-13-17(19)16-10-6-3-7-11-16/h2-11,14,18H,12-13H2,1H3/t14-/m0/s1. The minimum absolute atomic E-state index is 0.139. The molecule has 2 aromatic rings. The molecule has 0 radical (unpaired) electrons. The number of carbonyl (C=O) groups is 1. The van der Waals surface area contributed by atoms with Crippen molar-refractivity contribution >= 4 is 5.78 Å². The second-order valence-corrected chi connectivity index (χ2v) is 4.76. The molecule has 0 aliphatic carbocycles. The van der Waals surface area contributed by atoms with Gasteiger partial charge in [-0.1, -0.05) is 60.7 Å². The predicted octanol–water partition coefficient (Wildman–Crippen LogP) is 3.09. The zero-order valence-electron chi connectivity index (χ0n) is 11.2. The average molecular weight is 253 g/mol. The number of ketones is 1. The van der Waals surface area contributed by atoms with Crippen molar-refractivity contribution in [1.29, 1.82) is 0 Å². The monoisotopic (exact) mass is 253 g/mol. The number of nitrogens with one attached hydrogen (secondary N) is 1. The largest absolute Gasteiger partial charge is 0.307 e. The van der Waals surface area contributed by atoms with E-state index in [0.29, 0.717) is 6.54 Å². The summed E-state index contributed by atoms with van der Waals surface area (Å²) in [5.41, 5.74) is 2.05.